The molecule has 0 bridgehead atoms. The normalized spacial score (nSPS) is 10.3. The number of methoxy groups -OCH3 is 2. The van der Waals surface area contributed by atoms with Gasteiger partial charge >= 0.3 is 0 Å². The van der Waals surface area contributed by atoms with Crippen molar-refractivity contribution in [1.29, 1.82) is 0 Å². The summed E-state index contributed by atoms with van der Waals surface area (Å²) in [6, 6.07) is 4.20. The molecule has 0 aliphatic rings. The van der Waals surface area contributed by atoms with E-state index >= 15 is 0 Å². The number of amides is 1. The third-order valence-corrected chi connectivity index (χ3v) is 3.28. The van der Waals surface area contributed by atoms with Gasteiger partial charge in [0.05, 0.1) is 30.9 Å². The molecule has 0 saturated carbocycles. The number of hydrogen-bond acceptors (Lipinski definition) is 7. The highest BCUT2D eigenvalue weighted by atomic mass is 16.6. The topological polar surface area (TPSA) is 117 Å². The number of nitrogens with zero attached hydrogens (tertiary/aromatic N) is 2. The van der Waals surface area contributed by atoms with Crippen LogP contribution in [0.2, 0.25) is 0 Å². The molecule has 9 heteroatoms. The average molecular weight is 335 g/mol. The van der Waals surface area contributed by atoms with E-state index in [1.54, 1.807) is 13.0 Å². The molecule has 0 saturated heterocycles. The van der Waals surface area contributed by atoms with Crippen molar-refractivity contribution in [2.45, 2.75) is 13.3 Å². The third-order valence-electron chi connectivity index (χ3n) is 3.28. The van der Waals surface area contributed by atoms with Gasteiger partial charge in [0.1, 0.15) is 11.3 Å². The molecule has 9 nitrogen and oxygen atoms in total. The first-order chi connectivity index (χ1) is 11.5. The van der Waals surface area contributed by atoms with Crippen LogP contribution in [0.5, 0.6) is 11.5 Å². The van der Waals surface area contributed by atoms with Crippen molar-refractivity contribution in [3.05, 3.63) is 45.3 Å². The molecule has 1 amide bonds. The quantitative estimate of drug-likeness (QED) is 0.606. The molecule has 0 fully saturated rings. The van der Waals surface area contributed by atoms with Crippen molar-refractivity contribution in [2.75, 3.05) is 20.8 Å². The second-order valence-electron chi connectivity index (χ2n) is 4.92. The zero-order valence-electron chi connectivity index (χ0n) is 13.5. The summed E-state index contributed by atoms with van der Waals surface area (Å²) >= 11 is 0. The van der Waals surface area contributed by atoms with Crippen molar-refractivity contribution in [3.8, 4) is 11.5 Å². The van der Waals surface area contributed by atoms with Gasteiger partial charge in [-0.3, -0.25) is 14.9 Å². The predicted octanol–water partition coefficient (Wildman–Crippen LogP) is 1.88. The number of nitro benzene ring substituents is 1. The van der Waals surface area contributed by atoms with Gasteiger partial charge < -0.3 is 19.3 Å². The van der Waals surface area contributed by atoms with Crippen LogP contribution in [0.3, 0.4) is 0 Å². The zero-order valence-corrected chi connectivity index (χ0v) is 13.5. The lowest BCUT2D eigenvalue weighted by atomic mass is 10.1. The molecular formula is C15H17N3O6. The number of aromatic nitrogens is 1. The molecule has 1 aromatic carbocycles. The summed E-state index contributed by atoms with van der Waals surface area (Å²) in [5.74, 6) is 0.450. The van der Waals surface area contributed by atoms with Gasteiger partial charge in [-0.05, 0) is 6.92 Å². The Kier molecular flexibility index (Phi) is 5.35. The zero-order chi connectivity index (χ0) is 17.7. The van der Waals surface area contributed by atoms with Crippen molar-refractivity contribution in [3.63, 3.8) is 0 Å². The van der Waals surface area contributed by atoms with Crippen LogP contribution in [0.4, 0.5) is 5.69 Å². The van der Waals surface area contributed by atoms with Crippen LogP contribution in [0, 0.1) is 17.0 Å². The van der Waals surface area contributed by atoms with E-state index in [9.17, 15) is 14.9 Å². The molecule has 128 valence electrons. The number of aryl methyl sites for hydroxylation is 1. The Morgan fingerprint density at radius 2 is 1.96 bits per heavy atom. The molecule has 2 aromatic rings. The van der Waals surface area contributed by atoms with E-state index in [4.69, 9.17) is 14.0 Å². The number of hydrogen-bond donors (Lipinski definition) is 1. The highest BCUT2D eigenvalue weighted by molar-refractivity contribution is 5.99. The fraction of sp³-hybridized carbons (Fsp3) is 0.333. The fourth-order valence-electron chi connectivity index (χ4n) is 2.13. The minimum atomic E-state index is -0.642. The molecule has 0 aliphatic carbocycles. The van der Waals surface area contributed by atoms with Gasteiger partial charge in [0.25, 0.3) is 11.6 Å². The highest BCUT2D eigenvalue weighted by Crippen LogP contribution is 2.34. The number of carbonyl (C=O) groups is 1. The van der Waals surface area contributed by atoms with Crippen molar-refractivity contribution in [2.24, 2.45) is 0 Å². The van der Waals surface area contributed by atoms with Crippen LogP contribution in [-0.4, -0.2) is 36.8 Å². The lowest BCUT2D eigenvalue weighted by Gasteiger charge is -2.10. The molecule has 1 heterocycles. The van der Waals surface area contributed by atoms with E-state index in [0.29, 0.717) is 12.2 Å². The number of nitrogens with one attached hydrogen (secondary N) is 1. The Labute approximate surface area is 137 Å². The van der Waals surface area contributed by atoms with Crippen molar-refractivity contribution in [1.82, 2.24) is 10.5 Å². The first kappa shape index (κ1) is 17.3. The maximum Gasteiger partial charge on any atom is 0.286 e. The van der Waals surface area contributed by atoms with Crippen LogP contribution < -0.4 is 14.8 Å². The van der Waals surface area contributed by atoms with Gasteiger partial charge in [-0.25, -0.2) is 0 Å². The number of carbonyl (C=O) groups excluding carboxylic acids is 1. The van der Waals surface area contributed by atoms with E-state index in [0.717, 1.165) is 11.8 Å². The highest BCUT2D eigenvalue weighted by Gasteiger charge is 2.24. The average Bonchev–Trinajstić information content (AvgIpc) is 2.98. The lowest BCUT2D eigenvalue weighted by molar-refractivity contribution is -0.385. The maximum absolute atomic E-state index is 12.3. The van der Waals surface area contributed by atoms with Crippen LogP contribution in [0.25, 0.3) is 0 Å². The minimum Gasteiger partial charge on any atom is -0.493 e. The van der Waals surface area contributed by atoms with Gasteiger partial charge in [0.2, 0.25) is 0 Å². The summed E-state index contributed by atoms with van der Waals surface area (Å²) in [5.41, 5.74) is 0.277. The number of ether oxygens (including phenoxy) is 2. The summed E-state index contributed by atoms with van der Waals surface area (Å²) in [5, 5.41) is 17.6. The SMILES string of the molecule is COc1cc(C(=O)NCCc2cc(C)no2)c([N+](=O)[O-])cc1OC. The van der Waals surface area contributed by atoms with E-state index in [-0.39, 0.29) is 29.3 Å². The van der Waals surface area contributed by atoms with Crippen LogP contribution in [0.15, 0.2) is 22.7 Å². The van der Waals surface area contributed by atoms with Gasteiger partial charge in [-0.1, -0.05) is 5.16 Å². The molecule has 2 rings (SSSR count). The van der Waals surface area contributed by atoms with Gasteiger partial charge in [0, 0.05) is 25.1 Å². The van der Waals surface area contributed by atoms with E-state index in [2.05, 4.69) is 10.5 Å². The molecular weight excluding hydrogens is 318 g/mol. The Morgan fingerprint density at radius 3 is 2.50 bits per heavy atom. The smallest absolute Gasteiger partial charge is 0.286 e. The number of rotatable bonds is 7. The van der Waals surface area contributed by atoms with Gasteiger partial charge in [-0.15, -0.1) is 0 Å². The Bertz CT molecular complexity index is 756. The summed E-state index contributed by atoms with van der Waals surface area (Å²) < 4.78 is 15.1. The van der Waals surface area contributed by atoms with Crippen LogP contribution in [0.1, 0.15) is 21.8 Å². The molecule has 0 aliphatic heterocycles. The Hall–Kier alpha value is -3.10. The van der Waals surface area contributed by atoms with E-state index < -0.39 is 10.8 Å². The lowest BCUT2D eigenvalue weighted by Crippen LogP contribution is -2.26. The Morgan fingerprint density at radius 1 is 1.29 bits per heavy atom. The standard InChI is InChI=1S/C15H17N3O6/c1-9-6-10(24-17-9)4-5-16-15(19)11-7-13(22-2)14(23-3)8-12(11)18(20)21/h6-8H,4-5H2,1-3H3,(H,16,19). The van der Waals surface area contributed by atoms with Crippen molar-refractivity contribution < 1.29 is 23.7 Å². The van der Waals surface area contributed by atoms with Gasteiger partial charge in [0.15, 0.2) is 11.5 Å². The van der Waals surface area contributed by atoms with Gasteiger partial charge in [-0.2, -0.15) is 0 Å². The Balaban J connectivity index is 2.16. The van der Waals surface area contributed by atoms with E-state index in [1.807, 2.05) is 0 Å². The molecule has 0 atom stereocenters. The summed E-state index contributed by atoms with van der Waals surface area (Å²) in [6.07, 6.45) is 0.424. The van der Waals surface area contributed by atoms with Crippen LogP contribution >= 0.6 is 0 Å². The largest absolute Gasteiger partial charge is 0.493 e. The fourth-order valence-corrected chi connectivity index (χ4v) is 2.13. The molecule has 0 radical (unpaired) electrons. The minimum absolute atomic E-state index is 0.105. The summed E-state index contributed by atoms with van der Waals surface area (Å²) in [6.45, 7) is 2.04. The van der Waals surface area contributed by atoms with Crippen LogP contribution in [-0.2, 0) is 6.42 Å². The molecule has 24 heavy (non-hydrogen) atoms. The summed E-state index contributed by atoms with van der Waals surface area (Å²) in [7, 11) is 2.75. The predicted molar refractivity (Wildman–Crippen MR) is 83.5 cm³/mol. The molecule has 0 unspecified atom stereocenters. The second kappa shape index (κ2) is 7.44. The number of benzene rings is 1. The molecule has 1 N–H and O–H groups in total. The monoisotopic (exact) mass is 335 g/mol. The number of nitro groups is 1. The maximum atomic E-state index is 12.3. The van der Waals surface area contributed by atoms with E-state index in [1.165, 1.54) is 20.3 Å². The third kappa shape index (κ3) is 3.80. The molecule has 1 aromatic heterocycles. The second-order valence-corrected chi connectivity index (χ2v) is 4.92. The molecule has 0 spiro atoms. The van der Waals surface area contributed by atoms with Crippen molar-refractivity contribution >= 4 is 11.6 Å². The first-order valence-electron chi connectivity index (χ1n) is 7.07. The summed E-state index contributed by atoms with van der Waals surface area (Å²) in [4.78, 5) is 22.8. The first-order valence-corrected chi connectivity index (χ1v) is 7.07.